The van der Waals surface area contributed by atoms with Crippen LogP contribution in [-0.2, 0) is 11.3 Å². The molecule has 1 N–H and O–H groups in total. The zero-order valence-electron chi connectivity index (χ0n) is 21.0. The molecule has 0 radical (unpaired) electrons. The minimum Gasteiger partial charge on any atom is -0.497 e. The van der Waals surface area contributed by atoms with Gasteiger partial charge in [-0.3, -0.25) is 4.90 Å². The third-order valence-corrected chi connectivity index (χ3v) is 5.38. The van der Waals surface area contributed by atoms with Gasteiger partial charge in [0.1, 0.15) is 18.1 Å². The lowest BCUT2D eigenvalue weighted by Crippen LogP contribution is -2.37. The number of aliphatic hydroxyl groups is 1. The van der Waals surface area contributed by atoms with Crippen LogP contribution in [0, 0.1) is 25.2 Å². The number of ether oxygens (including phenoxy) is 3. The Labute approximate surface area is 208 Å². The molecule has 0 saturated heterocycles. The van der Waals surface area contributed by atoms with Crippen LogP contribution in [0.4, 0.5) is 0 Å². The van der Waals surface area contributed by atoms with Crippen molar-refractivity contribution < 1.29 is 19.3 Å². The first-order valence-corrected chi connectivity index (χ1v) is 11.8. The van der Waals surface area contributed by atoms with Crippen LogP contribution in [0.15, 0.2) is 54.6 Å². The number of para-hydroxylation sites is 1. The van der Waals surface area contributed by atoms with Crippen molar-refractivity contribution in [1.29, 1.82) is 0 Å². The zero-order chi connectivity index (χ0) is 25.2. The lowest BCUT2D eigenvalue weighted by atomic mass is 10.1. The SMILES string of the molecule is C#CCOCC(O)CN(Cc1c(C)nn(-c2ccccc2)c1Oc1ccc(OC)cc1)CC(C)C. The largest absolute Gasteiger partial charge is 0.497 e. The average molecular weight is 478 g/mol. The van der Waals surface area contributed by atoms with E-state index in [1.54, 1.807) is 7.11 Å². The highest BCUT2D eigenvalue weighted by molar-refractivity contribution is 5.44. The van der Waals surface area contributed by atoms with Gasteiger partial charge in [0, 0.05) is 19.6 Å². The highest BCUT2D eigenvalue weighted by Gasteiger charge is 2.23. The van der Waals surface area contributed by atoms with E-state index in [2.05, 4.69) is 24.7 Å². The molecule has 1 atom stereocenters. The Balaban J connectivity index is 1.93. The number of nitrogens with zero attached hydrogens (tertiary/aromatic N) is 3. The van der Waals surface area contributed by atoms with Crippen molar-refractivity contribution in [1.82, 2.24) is 14.7 Å². The van der Waals surface area contributed by atoms with Gasteiger partial charge in [0.15, 0.2) is 0 Å². The fourth-order valence-corrected chi connectivity index (χ4v) is 3.87. The predicted molar refractivity (Wildman–Crippen MR) is 137 cm³/mol. The topological polar surface area (TPSA) is 69.0 Å². The molecule has 0 spiro atoms. The van der Waals surface area contributed by atoms with Gasteiger partial charge in [0.05, 0.1) is 36.8 Å². The molecule has 0 fully saturated rings. The summed E-state index contributed by atoms with van der Waals surface area (Å²) in [6.45, 7) is 8.47. The summed E-state index contributed by atoms with van der Waals surface area (Å²) in [5.74, 6) is 4.92. The quantitative estimate of drug-likeness (QED) is 0.290. The van der Waals surface area contributed by atoms with Gasteiger partial charge in [-0.05, 0) is 49.2 Å². The molecule has 0 aliphatic carbocycles. The number of terminal acetylenes is 1. The van der Waals surface area contributed by atoms with Gasteiger partial charge in [-0.2, -0.15) is 5.10 Å². The van der Waals surface area contributed by atoms with E-state index in [1.165, 1.54) is 0 Å². The average Bonchev–Trinajstić information content (AvgIpc) is 3.14. The third kappa shape index (κ3) is 7.59. The second kappa shape index (κ2) is 13.0. The Morgan fingerprint density at radius 2 is 1.74 bits per heavy atom. The fraction of sp³-hybridized carbons (Fsp3) is 0.393. The molecule has 1 aromatic heterocycles. The van der Waals surface area contributed by atoms with Crippen molar-refractivity contribution >= 4 is 0 Å². The van der Waals surface area contributed by atoms with E-state index in [1.807, 2.05) is 66.2 Å². The summed E-state index contributed by atoms with van der Waals surface area (Å²) in [7, 11) is 1.64. The Bertz CT molecular complexity index is 1090. The summed E-state index contributed by atoms with van der Waals surface area (Å²) >= 11 is 0. The first kappa shape index (κ1) is 26.3. The Morgan fingerprint density at radius 3 is 2.37 bits per heavy atom. The number of methoxy groups -OCH3 is 1. The second-order valence-electron chi connectivity index (χ2n) is 8.86. The first-order chi connectivity index (χ1) is 16.9. The highest BCUT2D eigenvalue weighted by atomic mass is 16.5. The molecule has 7 nitrogen and oxygen atoms in total. The van der Waals surface area contributed by atoms with Crippen molar-refractivity contribution in [2.75, 3.05) is 33.4 Å². The molecule has 0 aliphatic rings. The summed E-state index contributed by atoms with van der Waals surface area (Å²) in [6, 6.07) is 17.4. The van der Waals surface area contributed by atoms with Crippen molar-refractivity contribution in [3.05, 3.63) is 65.9 Å². The number of hydrogen-bond acceptors (Lipinski definition) is 6. The Hall–Kier alpha value is -3.31. The molecule has 1 unspecified atom stereocenters. The zero-order valence-corrected chi connectivity index (χ0v) is 21.0. The minimum atomic E-state index is -0.655. The molecular formula is C28H35N3O4. The van der Waals surface area contributed by atoms with E-state index < -0.39 is 6.10 Å². The predicted octanol–water partition coefficient (Wildman–Crippen LogP) is 4.45. The number of rotatable bonds is 13. The van der Waals surface area contributed by atoms with E-state index in [4.69, 9.17) is 25.7 Å². The number of aromatic nitrogens is 2. The van der Waals surface area contributed by atoms with Crippen LogP contribution in [0.1, 0.15) is 25.1 Å². The molecule has 1 heterocycles. The number of aryl methyl sites for hydroxylation is 1. The maximum atomic E-state index is 10.5. The Kier molecular flexibility index (Phi) is 9.74. The van der Waals surface area contributed by atoms with Crippen molar-refractivity contribution in [2.24, 2.45) is 5.92 Å². The summed E-state index contributed by atoms with van der Waals surface area (Å²) in [6.07, 6.45) is 4.59. The molecule has 0 aliphatic heterocycles. The van der Waals surface area contributed by atoms with Crippen LogP contribution in [0.3, 0.4) is 0 Å². The molecular weight excluding hydrogens is 442 g/mol. The summed E-state index contributed by atoms with van der Waals surface area (Å²) < 4.78 is 18.9. The fourth-order valence-electron chi connectivity index (χ4n) is 3.87. The minimum absolute atomic E-state index is 0.185. The van der Waals surface area contributed by atoms with Gasteiger partial charge in [-0.15, -0.1) is 6.42 Å². The summed E-state index contributed by atoms with van der Waals surface area (Å²) in [5.41, 5.74) is 2.73. The van der Waals surface area contributed by atoms with E-state index in [9.17, 15) is 5.11 Å². The second-order valence-corrected chi connectivity index (χ2v) is 8.86. The highest BCUT2D eigenvalue weighted by Crippen LogP contribution is 2.32. The molecule has 0 bridgehead atoms. The van der Waals surface area contributed by atoms with Gasteiger partial charge in [0.25, 0.3) is 0 Å². The number of benzene rings is 2. The van der Waals surface area contributed by atoms with Crippen molar-refractivity contribution in [3.8, 4) is 35.4 Å². The van der Waals surface area contributed by atoms with Crippen LogP contribution in [0.5, 0.6) is 17.4 Å². The van der Waals surface area contributed by atoms with Gasteiger partial charge in [-0.1, -0.05) is 38.0 Å². The molecule has 0 amide bonds. The lowest BCUT2D eigenvalue weighted by molar-refractivity contribution is 0.0236. The van der Waals surface area contributed by atoms with Crippen LogP contribution >= 0.6 is 0 Å². The molecule has 7 heteroatoms. The van der Waals surface area contributed by atoms with Crippen LogP contribution in [0.25, 0.3) is 5.69 Å². The van der Waals surface area contributed by atoms with Gasteiger partial charge < -0.3 is 19.3 Å². The van der Waals surface area contributed by atoms with Crippen LogP contribution < -0.4 is 9.47 Å². The van der Waals surface area contributed by atoms with Crippen molar-refractivity contribution in [2.45, 2.75) is 33.4 Å². The Morgan fingerprint density at radius 1 is 1.06 bits per heavy atom. The molecule has 2 aromatic carbocycles. The van der Waals surface area contributed by atoms with E-state index in [-0.39, 0.29) is 13.2 Å². The monoisotopic (exact) mass is 477 g/mol. The van der Waals surface area contributed by atoms with Gasteiger partial charge in [0.2, 0.25) is 5.88 Å². The lowest BCUT2D eigenvalue weighted by Gasteiger charge is -2.27. The summed E-state index contributed by atoms with van der Waals surface area (Å²) in [4.78, 5) is 2.20. The first-order valence-electron chi connectivity index (χ1n) is 11.8. The number of hydrogen-bond donors (Lipinski definition) is 1. The third-order valence-electron chi connectivity index (χ3n) is 5.38. The van der Waals surface area contributed by atoms with Crippen LogP contribution in [0.2, 0.25) is 0 Å². The van der Waals surface area contributed by atoms with Gasteiger partial charge in [-0.25, -0.2) is 4.68 Å². The van der Waals surface area contributed by atoms with E-state index >= 15 is 0 Å². The summed E-state index contributed by atoms with van der Waals surface area (Å²) in [5, 5.41) is 15.4. The molecule has 35 heavy (non-hydrogen) atoms. The maximum Gasteiger partial charge on any atom is 0.227 e. The molecule has 0 saturated carbocycles. The molecule has 3 aromatic rings. The number of aliphatic hydroxyl groups excluding tert-OH is 1. The van der Waals surface area contributed by atoms with Gasteiger partial charge >= 0.3 is 0 Å². The van der Waals surface area contributed by atoms with Crippen molar-refractivity contribution in [3.63, 3.8) is 0 Å². The van der Waals surface area contributed by atoms with Crippen LogP contribution in [-0.4, -0.2) is 59.3 Å². The van der Waals surface area contributed by atoms with E-state index in [0.29, 0.717) is 30.6 Å². The molecule has 186 valence electrons. The molecule has 3 rings (SSSR count). The van der Waals surface area contributed by atoms with E-state index in [0.717, 1.165) is 29.2 Å². The standard InChI is InChI=1S/C28H35N3O4/c1-6-16-34-20-24(32)18-30(17-21(2)3)19-27-22(4)29-31(23-10-8-7-9-11-23)28(27)35-26-14-12-25(33-5)13-15-26/h1,7-15,21,24,32H,16-20H2,2-5H3. The normalized spacial score (nSPS) is 12.1. The maximum absolute atomic E-state index is 10.5. The smallest absolute Gasteiger partial charge is 0.227 e.